The van der Waals surface area contributed by atoms with Crippen LogP contribution < -0.4 is 5.73 Å². The van der Waals surface area contributed by atoms with Crippen molar-refractivity contribution in [2.75, 3.05) is 0 Å². The first kappa shape index (κ1) is 8.88. The van der Waals surface area contributed by atoms with Gasteiger partial charge in [0.05, 0.1) is 11.6 Å². The summed E-state index contributed by atoms with van der Waals surface area (Å²) in [6.07, 6.45) is 0. The van der Waals surface area contributed by atoms with Crippen molar-refractivity contribution in [1.29, 1.82) is 0 Å². The third kappa shape index (κ3) is 1.53. The van der Waals surface area contributed by atoms with Crippen LogP contribution in [-0.2, 0) is 6.54 Å². The highest BCUT2D eigenvalue weighted by molar-refractivity contribution is 6.38. The van der Waals surface area contributed by atoms with Gasteiger partial charge in [-0.15, -0.1) is 0 Å². The van der Waals surface area contributed by atoms with Gasteiger partial charge in [0.1, 0.15) is 5.76 Å². The molecule has 0 aliphatic rings. The molecule has 0 fully saturated rings. The minimum absolute atomic E-state index is 0.364. The molecule has 2 aromatic rings. The molecule has 2 rings (SSSR count). The maximum Gasteiger partial charge on any atom is 0.153 e. The van der Waals surface area contributed by atoms with E-state index in [9.17, 15) is 0 Å². The number of halogens is 2. The Morgan fingerprint density at radius 1 is 1.23 bits per heavy atom. The van der Waals surface area contributed by atoms with Crippen molar-refractivity contribution in [3.05, 3.63) is 34.0 Å². The second-order valence-electron chi connectivity index (χ2n) is 2.72. The average Bonchev–Trinajstić information content (AvgIpc) is 2.47. The van der Waals surface area contributed by atoms with Crippen molar-refractivity contribution in [2.45, 2.75) is 6.54 Å². The first-order chi connectivity index (χ1) is 6.20. The number of hydrogen-bond donors (Lipinski definition) is 1. The molecule has 4 heteroatoms. The van der Waals surface area contributed by atoms with Crippen LogP contribution in [0.1, 0.15) is 5.76 Å². The van der Waals surface area contributed by atoms with E-state index >= 15 is 0 Å². The zero-order chi connectivity index (χ0) is 9.42. The molecule has 1 aromatic carbocycles. The maximum absolute atomic E-state index is 5.91. The minimum atomic E-state index is 0.364. The van der Waals surface area contributed by atoms with Gasteiger partial charge in [0.25, 0.3) is 0 Å². The SMILES string of the molecule is NCc1cc2cc(Cl)cc(Cl)c2o1. The fourth-order valence-electron chi connectivity index (χ4n) is 1.23. The van der Waals surface area contributed by atoms with Crippen LogP contribution in [-0.4, -0.2) is 0 Å². The largest absolute Gasteiger partial charge is 0.458 e. The molecular formula is C9H7Cl2NO. The monoisotopic (exact) mass is 215 g/mol. The molecule has 1 heterocycles. The van der Waals surface area contributed by atoms with Gasteiger partial charge in [-0.1, -0.05) is 23.2 Å². The van der Waals surface area contributed by atoms with Gasteiger partial charge in [-0.3, -0.25) is 0 Å². The fourth-order valence-corrected chi connectivity index (χ4v) is 1.78. The molecule has 13 heavy (non-hydrogen) atoms. The number of hydrogen-bond acceptors (Lipinski definition) is 2. The molecule has 0 unspecified atom stereocenters. The standard InChI is InChI=1S/C9H7Cl2NO/c10-6-1-5-2-7(4-12)13-9(5)8(11)3-6/h1-3H,4,12H2. The number of furan rings is 1. The molecule has 0 atom stereocenters. The Morgan fingerprint density at radius 2 is 2.00 bits per heavy atom. The topological polar surface area (TPSA) is 39.2 Å². The Bertz CT molecular complexity index is 450. The zero-order valence-corrected chi connectivity index (χ0v) is 8.19. The number of rotatable bonds is 1. The molecule has 0 amide bonds. The summed E-state index contributed by atoms with van der Waals surface area (Å²) in [5.74, 6) is 0.708. The molecule has 0 aliphatic heterocycles. The molecule has 2 nitrogen and oxygen atoms in total. The third-order valence-corrected chi connectivity index (χ3v) is 2.29. The van der Waals surface area contributed by atoms with E-state index in [1.54, 1.807) is 12.1 Å². The second kappa shape index (κ2) is 3.22. The van der Waals surface area contributed by atoms with E-state index in [2.05, 4.69) is 0 Å². The van der Waals surface area contributed by atoms with E-state index in [1.807, 2.05) is 6.07 Å². The average molecular weight is 216 g/mol. The number of benzene rings is 1. The van der Waals surface area contributed by atoms with E-state index < -0.39 is 0 Å². The van der Waals surface area contributed by atoms with Crippen molar-refractivity contribution in [3.8, 4) is 0 Å². The summed E-state index contributed by atoms with van der Waals surface area (Å²) in [5, 5.41) is 2.00. The van der Waals surface area contributed by atoms with Crippen LogP contribution in [0.3, 0.4) is 0 Å². The zero-order valence-electron chi connectivity index (χ0n) is 6.68. The third-order valence-electron chi connectivity index (χ3n) is 1.79. The predicted octanol–water partition coefficient (Wildman–Crippen LogP) is 3.20. The van der Waals surface area contributed by atoms with E-state index in [-0.39, 0.29) is 0 Å². The molecule has 1 aromatic heterocycles. The van der Waals surface area contributed by atoms with Crippen LogP contribution in [0.4, 0.5) is 0 Å². The van der Waals surface area contributed by atoms with Crippen LogP contribution in [0.15, 0.2) is 22.6 Å². The van der Waals surface area contributed by atoms with Crippen LogP contribution >= 0.6 is 23.2 Å². The second-order valence-corrected chi connectivity index (χ2v) is 3.57. The van der Waals surface area contributed by atoms with Crippen molar-refractivity contribution in [2.24, 2.45) is 5.73 Å². The summed E-state index contributed by atoms with van der Waals surface area (Å²) in [7, 11) is 0. The molecule has 0 spiro atoms. The van der Waals surface area contributed by atoms with E-state index in [1.165, 1.54) is 0 Å². The summed E-state index contributed by atoms with van der Waals surface area (Å²) in [5.41, 5.74) is 6.08. The van der Waals surface area contributed by atoms with Gasteiger partial charge in [0, 0.05) is 10.4 Å². The summed E-state index contributed by atoms with van der Waals surface area (Å²) in [4.78, 5) is 0. The van der Waals surface area contributed by atoms with Crippen molar-refractivity contribution in [1.82, 2.24) is 0 Å². The highest BCUT2D eigenvalue weighted by Gasteiger charge is 2.07. The Balaban J connectivity index is 2.75. The maximum atomic E-state index is 5.91. The molecule has 2 N–H and O–H groups in total. The Kier molecular flexibility index (Phi) is 2.20. The van der Waals surface area contributed by atoms with Gasteiger partial charge in [0.15, 0.2) is 5.58 Å². The van der Waals surface area contributed by atoms with Gasteiger partial charge in [0.2, 0.25) is 0 Å². The van der Waals surface area contributed by atoms with Gasteiger partial charge in [-0.2, -0.15) is 0 Å². The Hall–Kier alpha value is -0.700. The minimum Gasteiger partial charge on any atom is -0.458 e. The van der Waals surface area contributed by atoms with E-state index in [0.29, 0.717) is 27.9 Å². The molecular weight excluding hydrogens is 209 g/mol. The first-order valence-corrected chi connectivity index (χ1v) is 4.54. The summed E-state index contributed by atoms with van der Waals surface area (Å²) in [6.45, 7) is 0.364. The van der Waals surface area contributed by atoms with Gasteiger partial charge >= 0.3 is 0 Å². The summed E-state index contributed by atoms with van der Waals surface area (Å²) >= 11 is 11.7. The summed E-state index contributed by atoms with van der Waals surface area (Å²) < 4.78 is 5.39. The Labute approximate surface area is 85.2 Å². The van der Waals surface area contributed by atoms with Gasteiger partial charge in [-0.25, -0.2) is 0 Å². The van der Waals surface area contributed by atoms with Crippen molar-refractivity contribution in [3.63, 3.8) is 0 Å². The molecule has 68 valence electrons. The lowest BCUT2D eigenvalue weighted by molar-refractivity contribution is 0.552. The fraction of sp³-hybridized carbons (Fsp3) is 0.111. The lowest BCUT2D eigenvalue weighted by Crippen LogP contribution is -1.92. The number of nitrogens with two attached hydrogens (primary N) is 1. The predicted molar refractivity (Wildman–Crippen MR) is 54.1 cm³/mol. The van der Waals surface area contributed by atoms with Crippen LogP contribution in [0.25, 0.3) is 11.0 Å². The molecule has 0 bridgehead atoms. The van der Waals surface area contributed by atoms with E-state index in [4.69, 9.17) is 33.4 Å². The van der Waals surface area contributed by atoms with E-state index in [0.717, 1.165) is 5.39 Å². The van der Waals surface area contributed by atoms with Gasteiger partial charge in [-0.05, 0) is 18.2 Å². The molecule has 0 saturated heterocycles. The van der Waals surface area contributed by atoms with Gasteiger partial charge < -0.3 is 10.2 Å². The first-order valence-electron chi connectivity index (χ1n) is 3.78. The molecule has 0 radical (unpaired) electrons. The highest BCUT2D eigenvalue weighted by atomic mass is 35.5. The van der Waals surface area contributed by atoms with Crippen molar-refractivity contribution < 1.29 is 4.42 Å². The lowest BCUT2D eigenvalue weighted by atomic mass is 10.2. The molecule has 0 saturated carbocycles. The highest BCUT2D eigenvalue weighted by Crippen LogP contribution is 2.30. The Morgan fingerprint density at radius 3 is 2.69 bits per heavy atom. The summed E-state index contributed by atoms with van der Waals surface area (Å²) in [6, 6.07) is 5.29. The van der Waals surface area contributed by atoms with Crippen LogP contribution in [0.5, 0.6) is 0 Å². The van der Waals surface area contributed by atoms with Crippen molar-refractivity contribution >= 4 is 34.2 Å². The number of fused-ring (bicyclic) bond motifs is 1. The van der Waals surface area contributed by atoms with Crippen LogP contribution in [0, 0.1) is 0 Å². The van der Waals surface area contributed by atoms with Crippen LogP contribution in [0.2, 0.25) is 10.0 Å². The normalized spacial score (nSPS) is 11.0. The molecule has 0 aliphatic carbocycles. The lowest BCUT2D eigenvalue weighted by Gasteiger charge is -1.93. The smallest absolute Gasteiger partial charge is 0.153 e. The quantitative estimate of drug-likeness (QED) is 0.794.